The van der Waals surface area contributed by atoms with Crippen LogP contribution < -0.4 is 11.1 Å². The molecule has 1 aromatic heterocycles. The van der Waals surface area contributed by atoms with Gasteiger partial charge in [0.1, 0.15) is 4.21 Å². The van der Waals surface area contributed by atoms with Crippen LogP contribution in [0.4, 0.5) is 0 Å². The third kappa shape index (κ3) is 5.67. The van der Waals surface area contributed by atoms with Gasteiger partial charge in [0.25, 0.3) is 10.0 Å². The molecule has 1 aliphatic rings. The maximum atomic E-state index is 12.5. The van der Waals surface area contributed by atoms with E-state index in [2.05, 4.69) is 10.3 Å². The smallest absolute Gasteiger partial charge is 0.252 e. The highest BCUT2D eigenvalue weighted by Gasteiger charge is 2.23. The fraction of sp³-hybridized carbons (Fsp3) is 0.688. The Labute approximate surface area is 154 Å². The summed E-state index contributed by atoms with van der Waals surface area (Å²) < 4.78 is 32.3. The Balaban J connectivity index is 1.82. The Morgan fingerprint density at radius 1 is 1.44 bits per heavy atom. The number of aliphatic imine (C=N–C) groups is 1. The predicted molar refractivity (Wildman–Crippen MR) is 102 cm³/mol. The summed E-state index contributed by atoms with van der Waals surface area (Å²) >= 11 is 1.31. The molecule has 0 saturated carbocycles. The highest BCUT2D eigenvalue weighted by molar-refractivity contribution is 7.91. The van der Waals surface area contributed by atoms with Gasteiger partial charge in [0.2, 0.25) is 0 Å². The van der Waals surface area contributed by atoms with Gasteiger partial charge in [-0.3, -0.25) is 4.99 Å². The summed E-state index contributed by atoms with van der Waals surface area (Å²) in [6, 6.07) is 3.55. The molecule has 1 fully saturated rings. The molecule has 1 aliphatic heterocycles. The number of sulfonamides is 1. The van der Waals surface area contributed by atoms with Crippen molar-refractivity contribution >= 4 is 27.3 Å². The maximum Gasteiger partial charge on any atom is 0.252 e. The zero-order valence-electron chi connectivity index (χ0n) is 14.9. The van der Waals surface area contributed by atoms with Gasteiger partial charge < -0.3 is 15.8 Å². The van der Waals surface area contributed by atoms with E-state index >= 15 is 0 Å². The normalized spacial score (nSPS) is 18.8. The van der Waals surface area contributed by atoms with E-state index in [1.165, 1.54) is 15.6 Å². The molecule has 7 nitrogen and oxygen atoms in total. The third-order valence-electron chi connectivity index (χ3n) is 4.10. The molecule has 1 unspecified atom stereocenters. The summed E-state index contributed by atoms with van der Waals surface area (Å²) in [6.45, 7) is 6.66. The second kappa shape index (κ2) is 9.51. The molecular weight excluding hydrogens is 360 g/mol. The lowest BCUT2D eigenvalue weighted by molar-refractivity contribution is 0.118. The van der Waals surface area contributed by atoms with Crippen molar-refractivity contribution in [3.8, 4) is 0 Å². The molecule has 2 rings (SSSR count). The summed E-state index contributed by atoms with van der Waals surface area (Å²) in [6.07, 6.45) is 3.01. The summed E-state index contributed by atoms with van der Waals surface area (Å²) in [5.41, 5.74) is 5.85. The molecule has 0 aliphatic carbocycles. The molecular formula is C16H28N4O3S2. The number of thiophene rings is 1. The van der Waals surface area contributed by atoms with Crippen LogP contribution in [0.15, 0.2) is 21.3 Å². The van der Waals surface area contributed by atoms with E-state index < -0.39 is 10.0 Å². The van der Waals surface area contributed by atoms with Gasteiger partial charge in [-0.05, 0) is 31.4 Å². The highest BCUT2D eigenvalue weighted by atomic mass is 32.2. The number of nitrogens with zero attached hydrogens (tertiary/aromatic N) is 2. The van der Waals surface area contributed by atoms with Gasteiger partial charge in [-0.2, -0.15) is 4.31 Å². The van der Waals surface area contributed by atoms with Crippen LogP contribution >= 0.6 is 11.3 Å². The molecule has 3 N–H and O–H groups in total. The molecule has 1 atom stereocenters. The zero-order valence-corrected chi connectivity index (χ0v) is 16.5. The van der Waals surface area contributed by atoms with Crippen molar-refractivity contribution in [1.29, 1.82) is 0 Å². The van der Waals surface area contributed by atoms with Crippen molar-refractivity contribution in [3.63, 3.8) is 0 Å². The number of nitrogens with two attached hydrogens (primary N) is 1. The third-order valence-corrected chi connectivity index (χ3v) is 7.77. The first kappa shape index (κ1) is 20.2. The minimum absolute atomic E-state index is 0.186. The molecule has 0 radical (unpaired) electrons. The predicted octanol–water partition coefficient (Wildman–Crippen LogP) is 1.40. The first-order valence-electron chi connectivity index (χ1n) is 8.71. The monoisotopic (exact) mass is 388 g/mol. The quantitative estimate of drug-likeness (QED) is 0.492. The number of rotatable bonds is 9. The largest absolute Gasteiger partial charge is 0.376 e. The lowest BCUT2D eigenvalue weighted by Crippen LogP contribution is -2.34. The molecule has 1 saturated heterocycles. The highest BCUT2D eigenvalue weighted by Crippen LogP contribution is 2.25. The molecule has 0 bridgehead atoms. The summed E-state index contributed by atoms with van der Waals surface area (Å²) in [5.74, 6) is 0.406. The van der Waals surface area contributed by atoms with E-state index in [9.17, 15) is 8.42 Å². The van der Waals surface area contributed by atoms with E-state index in [1.54, 1.807) is 6.07 Å². The van der Waals surface area contributed by atoms with Gasteiger partial charge in [0.15, 0.2) is 5.96 Å². The molecule has 2 heterocycles. The summed E-state index contributed by atoms with van der Waals surface area (Å²) in [4.78, 5) is 5.29. The van der Waals surface area contributed by atoms with Crippen molar-refractivity contribution in [1.82, 2.24) is 9.62 Å². The van der Waals surface area contributed by atoms with Crippen LogP contribution in [0.2, 0.25) is 0 Å². The molecule has 9 heteroatoms. The first-order valence-corrected chi connectivity index (χ1v) is 11.0. The van der Waals surface area contributed by atoms with E-state index in [-0.39, 0.29) is 6.10 Å². The standard InChI is InChI=1S/C16H28N4O3S2/c1-3-20(4-2)25(21,22)15-8-7-14(24-15)9-10-18-16(17)19-12-13-6-5-11-23-13/h7-8,13H,3-6,9-12H2,1-2H3,(H3,17,18,19). The lowest BCUT2D eigenvalue weighted by Gasteiger charge is -2.16. The molecule has 0 aromatic carbocycles. The van der Waals surface area contributed by atoms with Crippen molar-refractivity contribution in [2.24, 2.45) is 10.7 Å². The van der Waals surface area contributed by atoms with Crippen LogP contribution in [0.1, 0.15) is 31.6 Å². The van der Waals surface area contributed by atoms with Crippen LogP contribution in [0.25, 0.3) is 0 Å². The Bertz CT molecular complexity index is 663. The average molecular weight is 389 g/mol. The van der Waals surface area contributed by atoms with Crippen molar-refractivity contribution in [3.05, 3.63) is 17.0 Å². The van der Waals surface area contributed by atoms with Crippen LogP contribution in [-0.4, -0.2) is 57.6 Å². The number of guanidine groups is 1. The average Bonchev–Trinajstić information content (AvgIpc) is 3.26. The van der Waals surface area contributed by atoms with Crippen molar-refractivity contribution < 1.29 is 13.2 Å². The van der Waals surface area contributed by atoms with Gasteiger partial charge in [-0.25, -0.2) is 8.42 Å². The number of hydrogen-bond donors (Lipinski definition) is 2. The van der Waals surface area contributed by atoms with E-state index in [4.69, 9.17) is 10.5 Å². The number of hydrogen-bond acceptors (Lipinski definition) is 5. The molecule has 0 spiro atoms. The maximum absolute atomic E-state index is 12.5. The van der Waals surface area contributed by atoms with E-state index in [0.29, 0.717) is 42.8 Å². The Hall–Kier alpha value is -1.16. The fourth-order valence-corrected chi connectivity index (χ4v) is 5.65. The van der Waals surface area contributed by atoms with Crippen LogP contribution in [0, 0.1) is 0 Å². The topological polar surface area (TPSA) is 97.0 Å². The van der Waals surface area contributed by atoms with Crippen molar-refractivity contribution in [2.45, 2.75) is 43.4 Å². The second-order valence-corrected chi connectivity index (χ2v) is 9.18. The van der Waals surface area contributed by atoms with E-state index in [1.807, 2.05) is 19.9 Å². The number of ether oxygens (including phenoxy) is 1. The Morgan fingerprint density at radius 3 is 2.84 bits per heavy atom. The molecule has 142 valence electrons. The van der Waals surface area contributed by atoms with Gasteiger partial charge in [-0.1, -0.05) is 13.8 Å². The van der Waals surface area contributed by atoms with Gasteiger partial charge >= 0.3 is 0 Å². The lowest BCUT2D eigenvalue weighted by atomic mass is 10.2. The molecule has 1 aromatic rings. The molecule has 25 heavy (non-hydrogen) atoms. The van der Waals surface area contributed by atoms with Crippen molar-refractivity contribution in [2.75, 3.05) is 32.8 Å². The minimum atomic E-state index is -3.37. The van der Waals surface area contributed by atoms with Gasteiger partial charge in [0.05, 0.1) is 12.6 Å². The summed E-state index contributed by atoms with van der Waals surface area (Å²) in [7, 11) is -3.37. The van der Waals surface area contributed by atoms with Crippen LogP contribution in [-0.2, 0) is 21.2 Å². The molecule has 0 amide bonds. The summed E-state index contributed by atoms with van der Waals surface area (Å²) in [5, 5.41) is 3.07. The second-order valence-electron chi connectivity index (χ2n) is 5.85. The first-order chi connectivity index (χ1) is 12.0. The Kier molecular flexibility index (Phi) is 7.67. The minimum Gasteiger partial charge on any atom is -0.376 e. The fourth-order valence-electron chi connectivity index (χ4n) is 2.68. The SMILES string of the molecule is CCN(CC)S(=O)(=O)c1ccc(CCNC(N)=NCC2CCCO2)s1. The number of nitrogens with one attached hydrogen (secondary N) is 1. The van der Waals surface area contributed by atoms with E-state index in [0.717, 1.165) is 24.3 Å². The van der Waals surface area contributed by atoms with Gasteiger partial charge in [-0.15, -0.1) is 11.3 Å². The van der Waals surface area contributed by atoms with Crippen LogP contribution in [0.3, 0.4) is 0 Å². The Morgan fingerprint density at radius 2 is 2.20 bits per heavy atom. The van der Waals surface area contributed by atoms with Crippen LogP contribution in [0.5, 0.6) is 0 Å². The zero-order chi connectivity index (χ0) is 18.3. The van der Waals surface area contributed by atoms with Gasteiger partial charge in [0, 0.05) is 31.1 Å².